The second kappa shape index (κ2) is 6.86. The molecular formula is C18H13ClO3S. The minimum atomic E-state index is -0.239. The zero-order valence-electron chi connectivity index (χ0n) is 12.3. The highest BCUT2D eigenvalue weighted by molar-refractivity contribution is 7.10. The first-order valence-corrected chi connectivity index (χ1v) is 8.16. The van der Waals surface area contributed by atoms with E-state index < -0.39 is 0 Å². The lowest BCUT2D eigenvalue weighted by Gasteiger charge is -2.07. The second-order valence-electron chi connectivity index (χ2n) is 4.87. The third-order valence-electron chi connectivity index (χ3n) is 3.13. The van der Waals surface area contributed by atoms with Crippen LogP contribution in [0.25, 0.3) is 12.2 Å². The Morgan fingerprint density at radius 1 is 1.17 bits per heavy atom. The van der Waals surface area contributed by atoms with Crippen LogP contribution >= 0.6 is 22.9 Å². The third-order valence-corrected chi connectivity index (χ3v) is 4.20. The van der Waals surface area contributed by atoms with Crippen molar-refractivity contribution in [1.29, 1.82) is 0 Å². The predicted molar refractivity (Wildman–Crippen MR) is 94.5 cm³/mol. The lowest BCUT2D eigenvalue weighted by atomic mass is 10.2. The number of rotatable bonds is 4. The first-order valence-electron chi connectivity index (χ1n) is 6.90. The molecule has 0 atom stereocenters. The molecule has 116 valence electrons. The number of halogens is 1. The lowest BCUT2D eigenvalue weighted by molar-refractivity contribution is 0.433. The Morgan fingerprint density at radius 2 is 2.04 bits per heavy atom. The van der Waals surface area contributed by atoms with Gasteiger partial charge in [0.05, 0.1) is 0 Å². The van der Waals surface area contributed by atoms with E-state index in [2.05, 4.69) is 0 Å². The predicted octanol–water partition coefficient (Wildman–Crippen LogP) is 5.63. The molecule has 0 N–H and O–H groups in total. The monoisotopic (exact) mass is 344 g/mol. The fourth-order valence-electron chi connectivity index (χ4n) is 1.97. The third kappa shape index (κ3) is 3.92. The summed E-state index contributed by atoms with van der Waals surface area (Å²) in [5.74, 6) is 1.19. The molecule has 0 saturated carbocycles. The Labute approximate surface area is 142 Å². The summed E-state index contributed by atoms with van der Waals surface area (Å²) < 4.78 is 11.1. The number of thiophene rings is 1. The molecule has 0 unspecified atom stereocenters. The van der Waals surface area contributed by atoms with Gasteiger partial charge < -0.3 is 9.15 Å². The van der Waals surface area contributed by atoms with Gasteiger partial charge in [0.15, 0.2) is 0 Å². The van der Waals surface area contributed by atoms with Crippen LogP contribution < -0.4 is 10.2 Å². The van der Waals surface area contributed by atoms with Crippen molar-refractivity contribution < 1.29 is 9.15 Å². The van der Waals surface area contributed by atoms with Crippen LogP contribution in [0, 0.1) is 6.92 Å². The summed E-state index contributed by atoms with van der Waals surface area (Å²) in [7, 11) is 0. The van der Waals surface area contributed by atoms with Crippen molar-refractivity contribution in [3.63, 3.8) is 0 Å². The van der Waals surface area contributed by atoms with Crippen molar-refractivity contribution >= 4 is 35.1 Å². The van der Waals surface area contributed by atoms with E-state index in [1.165, 1.54) is 12.3 Å². The molecular weight excluding hydrogens is 332 g/mol. The first kappa shape index (κ1) is 15.6. The average Bonchev–Trinajstić information content (AvgIpc) is 3.03. The summed E-state index contributed by atoms with van der Waals surface area (Å²) in [6, 6.07) is 10.6. The Morgan fingerprint density at radius 3 is 2.74 bits per heavy atom. The quantitative estimate of drug-likeness (QED) is 0.616. The number of hydrogen-bond donors (Lipinski definition) is 0. The molecule has 0 aliphatic rings. The molecule has 3 aromatic rings. The second-order valence-corrected chi connectivity index (χ2v) is 6.29. The molecule has 0 aliphatic heterocycles. The van der Waals surface area contributed by atoms with Crippen LogP contribution in [0.5, 0.6) is 11.5 Å². The molecule has 0 aliphatic carbocycles. The molecule has 5 heteroatoms. The molecule has 0 saturated heterocycles. The Hall–Kier alpha value is -2.30. The van der Waals surface area contributed by atoms with Crippen molar-refractivity contribution in [3.8, 4) is 11.5 Å². The van der Waals surface area contributed by atoms with Crippen molar-refractivity contribution in [2.45, 2.75) is 6.92 Å². The van der Waals surface area contributed by atoms with Gasteiger partial charge >= 0.3 is 0 Å². The molecule has 3 nitrogen and oxygen atoms in total. The van der Waals surface area contributed by atoms with Gasteiger partial charge in [-0.2, -0.15) is 0 Å². The maximum atomic E-state index is 12.1. The van der Waals surface area contributed by atoms with E-state index in [1.807, 2.05) is 30.5 Å². The summed E-state index contributed by atoms with van der Waals surface area (Å²) in [6.45, 7) is 1.86. The average molecular weight is 345 g/mol. The smallest absolute Gasteiger partial charge is 0.227 e. The van der Waals surface area contributed by atoms with E-state index in [-0.39, 0.29) is 11.2 Å². The summed E-state index contributed by atoms with van der Waals surface area (Å²) in [6.07, 6.45) is 4.97. The zero-order valence-corrected chi connectivity index (χ0v) is 13.9. The Bertz CT molecular complexity index is 895. The minimum absolute atomic E-state index is 0.142. The molecule has 2 heterocycles. The van der Waals surface area contributed by atoms with Gasteiger partial charge in [0, 0.05) is 16.0 Å². The number of benzene rings is 1. The van der Waals surface area contributed by atoms with Crippen LogP contribution in [-0.4, -0.2) is 0 Å². The van der Waals surface area contributed by atoms with E-state index in [9.17, 15) is 4.79 Å². The van der Waals surface area contributed by atoms with E-state index in [0.717, 1.165) is 10.4 Å². The van der Waals surface area contributed by atoms with Crippen LogP contribution in [-0.2, 0) is 0 Å². The molecule has 3 rings (SSSR count). The number of hydrogen-bond acceptors (Lipinski definition) is 4. The molecule has 0 spiro atoms. The minimum Gasteiger partial charge on any atom is -0.461 e. The summed E-state index contributed by atoms with van der Waals surface area (Å²) >= 11 is 7.52. The van der Waals surface area contributed by atoms with Crippen molar-refractivity contribution in [2.75, 3.05) is 0 Å². The van der Waals surface area contributed by atoms with Crippen LogP contribution in [0.3, 0.4) is 0 Å². The van der Waals surface area contributed by atoms with E-state index in [4.69, 9.17) is 20.8 Å². The van der Waals surface area contributed by atoms with E-state index in [0.29, 0.717) is 16.5 Å². The normalized spacial score (nSPS) is 11.0. The molecule has 0 bridgehead atoms. The van der Waals surface area contributed by atoms with Crippen LogP contribution in [0.4, 0.5) is 0 Å². The summed E-state index contributed by atoms with van der Waals surface area (Å²) in [4.78, 5) is 13.2. The maximum absolute atomic E-state index is 12.1. The molecule has 0 fully saturated rings. The zero-order chi connectivity index (χ0) is 16.2. The highest BCUT2D eigenvalue weighted by atomic mass is 35.5. The Kier molecular flexibility index (Phi) is 4.65. The lowest BCUT2D eigenvalue weighted by Crippen LogP contribution is -2.03. The van der Waals surface area contributed by atoms with Crippen LogP contribution in [0.1, 0.15) is 16.2 Å². The Balaban J connectivity index is 1.81. The fraction of sp³-hybridized carbons (Fsp3) is 0.0556. The maximum Gasteiger partial charge on any atom is 0.227 e. The summed E-state index contributed by atoms with van der Waals surface area (Å²) in [5.41, 5.74) is 0.606. The topological polar surface area (TPSA) is 39.4 Å². The van der Waals surface area contributed by atoms with Crippen molar-refractivity contribution in [3.05, 3.63) is 79.5 Å². The van der Waals surface area contributed by atoms with Gasteiger partial charge in [-0.15, -0.1) is 11.3 Å². The van der Waals surface area contributed by atoms with Crippen molar-refractivity contribution in [1.82, 2.24) is 0 Å². The van der Waals surface area contributed by atoms with Gasteiger partial charge in [-0.3, -0.25) is 4.79 Å². The molecule has 23 heavy (non-hydrogen) atoms. The van der Waals surface area contributed by atoms with Gasteiger partial charge in [0.2, 0.25) is 11.2 Å². The van der Waals surface area contributed by atoms with Crippen molar-refractivity contribution in [2.24, 2.45) is 0 Å². The molecule has 0 radical (unpaired) electrons. The largest absolute Gasteiger partial charge is 0.461 e. The summed E-state index contributed by atoms with van der Waals surface area (Å²) in [5, 5.41) is 2.61. The first-order chi connectivity index (χ1) is 11.1. The van der Waals surface area contributed by atoms with Crippen LogP contribution in [0.15, 0.2) is 57.3 Å². The fourth-order valence-corrected chi connectivity index (χ4v) is 2.82. The highest BCUT2D eigenvalue weighted by Crippen LogP contribution is 2.26. The van der Waals surface area contributed by atoms with Gasteiger partial charge in [0.1, 0.15) is 17.8 Å². The van der Waals surface area contributed by atoms with Gasteiger partial charge in [-0.25, -0.2) is 0 Å². The van der Waals surface area contributed by atoms with Gasteiger partial charge in [0.25, 0.3) is 0 Å². The van der Waals surface area contributed by atoms with E-state index >= 15 is 0 Å². The van der Waals surface area contributed by atoms with Crippen LogP contribution in [0.2, 0.25) is 5.02 Å². The molecule has 2 aromatic heterocycles. The SMILES string of the molecule is Cc1cc(Cl)ccc1Oc1coc(/C=C/c2cccs2)cc1=O. The molecule has 0 amide bonds. The van der Waals surface area contributed by atoms with E-state index in [1.54, 1.807) is 35.6 Å². The highest BCUT2D eigenvalue weighted by Gasteiger charge is 2.07. The number of aryl methyl sites for hydroxylation is 1. The van der Waals surface area contributed by atoms with Gasteiger partial charge in [-0.05, 0) is 54.3 Å². The number of ether oxygens (including phenoxy) is 1. The standard InChI is InChI=1S/C18H13ClO3S/c1-12-9-13(19)4-7-17(12)22-18-11-21-14(10-16(18)20)5-6-15-3-2-8-23-15/h2-11H,1H3/b6-5+. The molecule has 1 aromatic carbocycles. The van der Waals surface area contributed by atoms with Gasteiger partial charge in [-0.1, -0.05) is 17.7 Å².